The Labute approximate surface area is 159 Å². The second-order valence-electron chi connectivity index (χ2n) is 8.78. The van der Waals surface area contributed by atoms with Gasteiger partial charge in [0.1, 0.15) is 5.35 Å². The van der Waals surface area contributed by atoms with Gasteiger partial charge in [0.25, 0.3) is 0 Å². The molecule has 0 atom stereocenters. The van der Waals surface area contributed by atoms with Crippen molar-refractivity contribution in [3.63, 3.8) is 0 Å². The third-order valence-corrected chi connectivity index (χ3v) is 26.9. The van der Waals surface area contributed by atoms with Crippen LogP contribution in [0.3, 0.4) is 0 Å². The fourth-order valence-electron chi connectivity index (χ4n) is 4.52. The van der Waals surface area contributed by atoms with Crippen LogP contribution in [0.15, 0.2) is 0 Å². The van der Waals surface area contributed by atoms with Crippen molar-refractivity contribution in [3.05, 3.63) is 0 Å². The third-order valence-electron chi connectivity index (χ3n) is 5.77. The first kappa shape index (κ1) is 23.7. The summed E-state index contributed by atoms with van der Waals surface area (Å²) in [6.07, 6.45) is 0. The standard InChI is InChI=1S/C9H22O5Si2.C7H18Si2/c1-6-14-9-15(10-2,11-3)7-8-16(9,12-4)13-5;1-8(2)5-6-9(3,4)7-8/h9H,6-8H2,1-5H3;5-7H2,1-4H3. The largest absolute Gasteiger partial charge is 0.396 e. The van der Waals surface area contributed by atoms with Crippen LogP contribution in [0.2, 0.25) is 56.0 Å². The summed E-state index contributed by atoms with van der Waals surface area (Å²) < 4.78 is 28.4. The molecule has 0 radical (unpaired) electrons. The van der Waals surface area contributed by atoms with E-state index in [0.29, 0.717) is 6.61 Å². The van der Waals surface area contributed by atoms with Crippen molar-refractivity contribution in [3.8, 4) is 0 Å². The Kier molecular flexibility index (Phi) is 8.76. The highest BCUT2D eigenvalue weighted by molar-refractivity contribution is 6.99. The van der Waals surface area contributed by atoms with Crippen LogP contribution >= 0.6 is 0 Å². The molecular formula is C16H40O5Si4. The van der Waals surface area contributed by atoms with Crippen LogP contribution in [0.5, 0.6) is 0 Å². The molecule has 0 bridgehead atoms. The van der Waals surface area contributed by atoms with E-state index in [1.165, 1.54) is 0 Å². The minimum absolute atomic E-state index is 0.116. The van der Waals surface area contributed by atoms with Crippen molar-refractivity contribution in [2.24, 2.45) is 0 Å². The Bertz CT molecular complexity index is 377. The summed E-state index contributed by atoms with van der Waals surface area (Å²) in [6, 6.07) is 4.98. The normalized spacial score (nSPS) is 26.3. The quantitative estimate of drug-likeness (QED) is 0.605. The van der Waals surface area contributed by atoms with E-state index in [2.05, 4.69) is 26.2 Å². The summed E-state index contributed by atoms with van der Waals surface area (Å²) in [4.78, 5) is 0. The lowest BCUT2D eigenvalue weighted by atomic mass is 10.9. The Hall–Kier alpha value is 0.668. The van der Waals surface area contributed by atoms with Crippen molar-refractivity contribution in [2.45, 2.75) is 68.3 Å². The molecule has 0 aliphatic carbocycles. The maximum atomic E-state index is 5.82. The molecule has 2 aliphatic rings. The highest BCUT2D eigenvalue weighted by Gasteiger charge is 2.67. The first-order chi connectivity index (χ1) is 11.6. The summed E-state index contributed by atoms with van der Waals surface area (Å²) in [5.41, 5.74) is 1.68. The van der Waals surface area contributed by atoms with Gasteiger partial charge in [-0.15, -0.1) is 0 Å². The molecule has 2 saturated heterocycles. The molecule has 0 aromatic rings. The summed E-state index contributed by atoms with van der Waals surface area (Å²) in [5, 5.41) is -0.116. The lowest BCUT2D eigenvalue weighted by Gasteiger charge is -2.34. The van der Waals surface area contributed by atoms with E-state index in [1.807, 2.05) is 6.92 Å². The van der Waals surface area contributed by atoms with Crippen molar-refractivity contribution in [1.29, 1.82) is 0 Å². The average molecular weight is 425 g/mol. The van der Waals surface area contributed by atoms with Crippen LogP contribution in [-0.2, 0) is 22.4 Å². The molecule has 5 nitrogen and oxygen atoms in total. The van der Waals surface area contributed by atoms with Gasteiger partial charge >= 0.3 is 17.1 Å². The Balaban J connectivity index is 0.000000293. The van der Waals surface area contributed by atoms with Gasteiger partial charge in [0.05, 0.1) is 0 Å². The minimum Gasteiger partial charge on any atom is -0.396 e. The van der Waals surface area contributed by atoms with E-state index in [4.69, 9.17) is 22.4 Å². The molecule has 2 heterocycles. The molecule has 0 amide bonds. The van der Waals surface area contributed by atoms with Gasteiger partial charge < -0.3 is 22.4 Å². The van der Waals surface area contributed by atoms with Gasteiger partial charge in [0.15, 0.2) is 0 Å². The van der Waals surface area contributed by atoms with Crippen molar-refractivity contribution in [1.82, 2.24) is 0 Å². The van der Waals surface area contributed by atoms with Gasteiger partial charge in [-0.2, -0.15) is 0 Å². The van der Waals surface area contributed by atoms with Crippen LogP contribution in [0, 0.1) is 0 Å². The molecule has 25 heavy (non-hydrogen) atoms. The van der Waals surface area contributed by atoms with E-state index in [1.54, 1.807) is 46.2 Å². The topological polar surface area (TPSA) is 46.2 Å². The number of ether oxygens (including phenoxy) is 1. The molecule has 0 saturated carbocycles. The lowest BCUT2D eigenvalue weighted by Crippen LogP contribution is -2.62. The minimum atomic E-state index is -2.32. The van der Waals surface area contributed by atoms with Gasteiger partial charge in [-0.25, -0.2) is 0 Å². The molecule has 2 fully saturated rings. The van der Waals surface area contributed by atoms with Gasteiger partial charge in [-0.3, -0.25) is 0 Å². The molecule has 0 aromatic heterocycles. The van der Waals surface area contributed by atoms with Crippen LogP contribution in [0.25, 0.3) is 0 Å². The highest BCUT2D eigenvalue weighted by Crippen LogP contribution is 2.40. The highest BCUT2D eigenvalue weighted by atomic mass is 28.4. The van der Waals surface area contributed by atoms with Gasteiger partial charge in [-0.1, -0.05) is 43.9 Å². The van der Waals surface area contributed by atoms with Crippen LogP contribution in [-0.4, -0.2) is 73.7 Å². The monoisotopic (exact) mass is 424 g/mol. The summed E-state index contributed by atoms with van der Waals surface area (Å²) in [7, 11) is 0.903. The molecule has 0 spiro atoms. The van der Waals surface area contributed by atoms with E-state index < -0.39 is 33.3 Å². The first-order valence-electron chi connectivity index (χ1n) is 9.38. The molecular weight excluding hydrogens is 385 g/mol. The summed E-state index contributed by atoms with van der Waals surface area (Å²) in [6.45, 7) is 12.8. The van der Waals surface area contributed by atoms with Crippen LogP contribution < -0.4 is 0 Å². The smallest absolute Gasteiger partial charge is 0.369 e. The SMILES string of the molecule is CCOC1[Si](OC)(OC)CC[Si]1(OC)OC.C[Si]1(C)CC[Si](C)(C)C1. The zero-order valence-corrected chi connectivity index (χ0v) is 21.9. The fraction of sp³-hybridized carbons (Fsp3) is 1.00. The maximum absolute atomic E-state index is 5.82. The number of rotatable bonds is 6. The zero-order chi connectivity index (χ0) is 19.4. The Morgan fingerprint density at radius 3 is 1.24 bits per heavy atom. The molecule has 0 aromatic carbocycles. The number of hydrogen-bond acceptors (Lipinski definition) is 5. The molecule has 0 unspecified atom stereocenters. The maximum Gasteiger partial charge on any atom is 0.369 e. The second-order valence-corrected chi connectivity index (χ2v) is 27.4. The van der Waals surface area contributed by atoms with Crippen molar-refractivity contribution < 1.29 is 22.4 Å². The molecule has 2 aliphatic heterocycles. The second kappa shape index (κ2) is 9.24. The van der Waals surface area contributed by atoms with Gasteiger partial charge in [0, 0.05) is 51.2 Å². The zero-order valence-electron chi connectivity index (χ0n) is 17.9. The average Bonchev–Trinajstić information content (AvgIpc) is 3.02. The van der Waals surface area contributed by atoms with Gasteiger partial charge in [0.2, 0.25) is 0 Å². The molecule has 2 rings (SSSR count). The van der Waals surface area contributed by atoms with E-state index >= 15 is 0 Å². The van der Waals surface area contributed by atoms with Crippen LogP contribution in [0.1, 0.15) is 6.92 Å². The number of hydrogen-bond donors (Lipinski definition) is 0. The van der Waals surface area contributed by atoms with Crippen molar-refractivity contribution in [2.75, 3.05) is 35.0 Å². The Morgan fingerprint density at radius 2 is 1.04 bits per heavy atom. The fourth-order valence-corrected chi connectivity index (χ4v) is 32.8. The van der Waals surface area contributed by atoms with E-state index in [9.17, 15) is 0 Å². The summed E-state index contributed by atoms with van der Waals surface area (Å²) in [5.74, 6) is 0. The Morgan fingerprint density at radius 1 is 0.680 bits per heavy atom. The molecule has 150 valence electrons. The molecule has 9 heteroatoms. The lowest BCUT2D eigenvalue weighted by molar-refractivity contribution is 0.0775. The third kappa shape index (κ3) is 5.58. The van der Waals surface area contributed by atoms with Crippen LogP contribution in [0.4, 0.5) is 0 Å². The van der Waals surface area contributed by atoms with Gasteiger partial charge in [-0.05, 0) is 19.0 Å². The predicted molar refractivity (Wildman–Crippen MR) is 114 cm³/mol. The van der Waals surface area contributed by atoms with E-state index in [0.717, 1.165) is 12.1 Å². The summed E-state index contributed by atoms with van der Waals surface area (Å²) >= 11 is 0. The van der Waals surface area contributed by atoms with Crippen molar-refractivity contribution >= 4 is 33.3 Å². The first-order valence-corrected chi connectivity index (χ1v) is 20.4. The predicted octanol–water partition coefficient (Wildman–Crippen LogP) is 3.91. The molecule has 0 N–H and O–H groups in total. The van der Waals surface area contributed by atoms with E-state index in [-0.39, 0.29) is 5.35 Å².